The summed E-state index contributed by atoms with van der Waals surface area (Å²) in [5.41, 5.74) is 0. The van der Waals surface area contributed by atoms with Gasteiger partial charge >= 0.3 is 0 Å². The summed E-state index contributed by atoms with van der Waals surface area (Å²) in [5.74, 6) is 1.52. The minimum atomic E-state index is 0.221. The van der Waals surface area contributed by atoms with Crippen LogP contribution < -0.4 is 10.6 Å². The first-order valence-corrected chi connectivity index (χ1v) is 6.04. The number of hydrogen-bond acceptors (Lipinski definition) is 5. The first-order chi connectivity index (χ1) is 7.69. The largest absolute Gasteiger partial charge is 0.396 e. The maximum absolute atomic E-state index is 8.75. The van der Waals surface area contributed by atoms with E-state index in [-0.39, 0.29) is 12.6 Å². The number of anilines is 2. The summed E-state index contributed by atoms with van der Waals surface area (Å²) in [6.45, 7) is 2.28. The molecule has 6 heteroatoms. The van der Waals surface area contributed by atoms with Gasteiger partial charge in [-0.2, -0.15) is 0 Å². The molecule has 16 heavy (non-hydrogen) atoms. The highest BCUT2D eigenvalue weighted by atomic mass is 79.9. The number of nitrogens with one attached hydrogen (secondary N) is 2. The van der Waals surface area contributed by atoms with Gasteiger partial charge in [0, 0.05) is 19.7 Å². The molecule has 0 amide bonds. The zero-order valence-electron chi connectivity index (χ0n) is 9.50. The number of nitrogens with zero attached hydrogens (tertiary/aromatic N) is 2. The summed E-state index contributed by atoms with van der Waals surface area (Å²) >= 11 is 3.44. The van der Waals surface area contributed by atoms with Crippen molar-refractivity contribution in [1.82, 2.24) is 9.97 Å². The van der Waals surface area contributed by atoms with Crippen LogP contribution in [0.15, 0.2) is 10.8 Å². The first kappa shape index (κ1) is 13.2. The average Bonchev–Trinajstić information content (AvgIpc) is 2.29. The van der Waals surface area contributed by atoms with E-state index in [4.69, 9.17) is 5.11 Å². The Labute approximate surface area is 104 Å². The van der Waals surface area contributed by atoms with Gasteiger partial charge in [-0.05, 0) is 35.7 Å². The van der Waals surface area contributed by atoms with Gasteiger partial charge in [0.25, 0.3) is 0 Å². The lowest BCUT2D eigenvalue weighted by molar-refractivity contribution is 0.282. The maximum atomic E-state index is 8.75. The Bertz CT molecular complexity index is 335. The summed E-state index contributed by atoms with van der Waals surface area (Å²) in [6, 6.07) is 0.267. The summed E-state index contributed by atoms with van der Waals surface area (Å²) in [7, 11) is 1.81. The standard InChI is InChI=1S/C10H17BrN4O/c1-7(4-3-5-16)15-10-8(11)9(12-2)13-6-14-10/h6-7,16H,3-5H2,1-2H3,(H2,12,13,14,15). The van der Waals surface area contributed by atoms with Gasteiger partial charge in [0.05, 0.1) is 0 Å². The fourth-order valence-electron chi connectivity index (χ4n) is 1.35. The van der Waals surface area contributed by atoms with E-state index in [1.165, 1.54) is 6.33 Å². The molecule has 0 spiro atoms. The Kier molecular flexibility index (Phi) is 5.48. The number of aliphatic hydroxyl groups is 1. The monoisotopic (exact) mass is 288 g/mol. The van der Waals surface area contributed by atoms with Crippen LogP contribution >= 0.6 is 15.9 Å². The van der Waals surface area contributed by atoms with Crippen LogP contribution in [-0.4, -0.2) is 34.8 Å². The van der Waals surface area contributed by atoms with Crippen LogP contribution in [0.4, 0.5) is 11.6 Å². The minimum absolute atomic E-state index is 0.221. The molecule has 0 saturated heterocycles. The molecule has 0 aliphatic carbocycles. The van der Waals surface area contributed by atoms with E-state index in [1.54, 1.807) is 0 Å². The van der Waals surface area contributed by atoms with E-state index in [2.05, 4.69) is 43.5 Å². The second-order valence-corrected chi connectivity index (χ2v) is 4.34. The highest BCUT2D eigenvalue weighted by Gasteiger charge is 2.09. The molecule has 0 aromatic carbocycles. The third-order valence-electron chi connectivity index (χ3n) is 2.20. The van der Waals surface area contributed by atoms with Crippen molar-refractivity contribution in [3.05, 3.63) is 10.8 Å². The van der Waals surface area contributed by atoms with E-state index in [0.29, 0.717) is 0 Å². The van der Waals surface area contributed by atoms with Gasteiger partial charge in [0.15, 0.2) is 0 Å². The van der Waals surface area contributed by atoms with Gasteiger partial charge in [0.1, 0.15) is 22.4 Å². The summed E-state index contributed by atoms with van der Waals surface area (Å²) in [6.07, 6.45) is 3.20. The lowest BCUT2D eigenvalue weighted by atomic mass is 10.2. The maximum Gasteiger partial charge on any atom is 0.146 e. The van der Waals surface area contributed by atoms with Crippen molar-refractivity contribution in [2.24, 2.45) is 0 Å². The average molecular weight is 289 g/mol. The Morgan fingerprint density at radius 1 is 1.44 bits per heavy atom. The molecule has 1 heterocycles. The third-order valence-corrected chi connectivity index (χ3v) is 2.96. The van der Waals surface area contributed by atoms with Crippen molar-refractivity contribution in [2.75, 3.05) is 24.3 Å². The van der Waals surface area contributed by atoms with Gasteiger partial charge in [-0.25, -0.2) is 9.97 Å². The normalized spacial score (nSPS) is 12.2. The molecule has 0 fully saturated rings. The van der Waals surface area contributed by atoms with Gasteiger partial charge < -0.3 is 15.7 Å². The van der Waals surface area contributed by atoms with E-state index in [0.717, 1.165) is 29.0 Å². The molecule has 1 atom stereocenters. The predicted molar refractivity (Wildman–Crippen MR) is 68.7 cm³/mol. The molecular weight excluding hydrogens is 272 g/mol. The van der Waals surface area contributed by atoms with Crippen LogP contribution in [0, 0.1) is 0 Å². The molecule has 1 aromatic heterocycles. The van der Waals surface area contributed by atoms with E-state index < -0.39 is 0 Å². The van der Waals surface area contributed by atoms with Crippen LogP contribution in [0.1, 0.15) is 19.8 Å². The Balaban J connectivity index is 2.66. The highest BCUT2D eigenvalue weighted by molar-refractivity contribution is 9.10. The zero-order valence-corrected chi connectivity index (χ0v) is 11.1. The SMILES string of the molecule is CNc1ncnc(NC(C)CCCO)c1Br. The molecule has 1 rings (SSSR count). The predicted octanol–water partition coefficient (Wildman–Crippen LogP) is 1.85. The molecule has 1 aromatic rings. The quantitative estimate of drug-likeness (QED) is 0.745. The molecule has 5 nitrogen and oxygen atoms in total. The first-order valence-electron chi connectivity index (χ1n) is 5.24. The molecule has 1 unspecified atom stereocenters. The highest BCUT2D eigenvalue weighted by Crippen LogP contribution is 2.26. The molecule has 90 valence electrons. The Morgan fingerprint density at radius 3 is 2.75 bits per heavy atom. The van der Waals surface area contributed by atoms with Crippen molar-refractivity contribution >= 4 is 27.6 Å². The molecule has 0 bridgehead atoms. The van der Waals surface area contributed by atoms with E-state index in [9.17, 15) is 0 Å². The lowest BCUT2D eigenvalue weighted by Crippen LogP contribution is -2.17. The number of aliphatic hydroxyl groups excluding tert-OH is 1. The number of hydrogen-bond donors (Lipinski definition) is 3. The fraction of sp³-hybridized carbons (Fsp3) is 0.600. The van der Waals surface area contributed by atoms with Crippen LogP contribution in [0.2, 0.25) is 0 Å². The van der Waals surface area contributed by atoms with Crippen LogP contribution in [0.25, 0.3) is 0 Å². The molecule has 0 aliphatic heterocycles. The number of halogens is 1. The molecule has 0 aliphatic rings. The van der Waals surface area contributed by atoms with Crippen molar-refractivity contribution in [3.63, 3.8) is 0 Å². The topological polar surface area (TPSA) is 70.1 Å². The van der Waals surface area contributed by atoms with Crippen molar-refractivity contribution in [2.45, 2.75) is 25.8 Å². The van der Waals surface area contributed by atoms with E-state index in [1.807, 2.05) is 7.05 Å². The summed E-state index contributed by atoms with van der Waals surface area (Å²) in [5, 5.41) is 15.0. The van der Waals surface area contributed by atoms with E-state index >= 15 is 0 Å². The van der Waals surface area contributed by atoms with Gasteiger partial charge in [-0.15, -0.1) is 0 Å². The molecular formula is C10H17BrN4O. The number of aromatic nitrogens is 2. The second kappa shape index (κ2) is 6.65. The third kappa shape index (κ3) is 3.61. The summed E-state index contributed by atoms with van der Waals surface area (Å²) in [4.78, 5) is 8.24. The smallest absolute Gasteiger partial charge is 0.146 e. The Morgan fingerprint density at radius 2 is 2.12 bits per heavy atom. The Hall–Kier alpha value is -0.880. The summed E-state index contributed by atoms with van der Waals surface area (Å²) < 4.78 is 0.827. The van der Waals surface area contributed by atoms with Crippen molar-refractivity contribution < 1.29 is 5.11 Å². The van der Waals surface area contributed by atoms with Crippen LogP contribution in [0.3, 0.4) is 0 Å². The zero-order chi connectivity index (χ0) is 12.0. The van der Waals surface area contributed by atoms with Crippen molar-refractivity contribution in [3.8, 4) is 0 Å². The molecule has 0 saturated carbocycles. The number of rotatable bonds is 6. The lowest BCUT2D eigenvalue weighted by Gasteiger charge is -2.15. The van der Waals surface area contributed by atoms with Gasteiger partial charge in [-0.3, -0.25) is 0 Å². The molecule has 0 radical (unpaired) electrons. The van der Waals surface area contributed by atoms with Gasteiger partial charge in [0.2, 0.25) is 0 Å². The minimum Gasteiger partial charge on any atom is -0.396 e. The van der Waals surface area contributed by atoms with Crippen LogP contribution in [-0.2, 0) is 0 Å². The fourth-order valence-corrected chi connectivity index (χ4v) is 1.87. The molecule has 3 N–H and O–H groups in total. The second-order valence-electron chi connectivity index (χ2n) is 3.55. The van der Waals surface area contributed by atoms with Crippen molar-refractivity contribution in [1.29, 1.82) is 0 Å². The van der Waals surface area contributed by atoms with Crippen LogP contribution in [0.5, 0.6) is 0 Å². The van der Waals surface area contributed by atoms with Gasteiger partial charge in [-0.1, -0.05) is 0 Å².